The molecule has 140 valence electrons. The fourth-order valence-corrected chi connectivity index (χ4v) is 3.71. The van der Waals surface area contributed by atoms with E-state index >= 15 is 0 Å². The van der Waals surface area contributed by atoms with Crippen LogP contribution in [0.1, 0.15) is 36.8 Å². The summed E-state index contributed by atoms with van der Waals surface area (Å²) in [7, 11) is 0. The zero-order valence-electron chi connectivity index (χ0n) is 16.4. The Kier molecular flexibility index (Phi) is 4.66. The van der Waals surface area contributed by atoms with E-state index in [0.717, 1.165) is 32.5 Å². The lowest BCUT2D eigenvalue weighted by molar-refractivity contribution is 0.629. The van der Waals surface area contributed by atoms with Crippen LogP contribution in [0.3, 0.4) is 0 Å². The summed E-state index contributed by atoms with van der Waals surface area (Å²) in [6, 6.07) is 12.4. The minimum atomic E-state index is -0.0840. The second kappa shape index (κ2) is 7.14. The van der Waals surface area contributed by atoms with Gasteiger partial charge in [0.25, 0.3) is 0 Å². The van der Waals surface area contributed by atoms with Gasteiger partial charge in [0.15, 0.2) is 5.65 Å². The first kappa shape index (κ1) is 18.3. The van der Waals surface area contributed by atoms with E-state index in [4.69, 9.17) is 4.98 Å². The number of nitrogens with zero attached hydrogens (tertiary/aromatic N) is 3. The summed E-state index contributed by atoms with van der Waals surface area (Å²) in [6.07, 6.45) is 5.49. The summed E-state index contributed by atoms with van der Waals surface area (Å²) in [6.45, 7) is 8.51. The molecule has 0 radical (unpaired) electrons. The Balaban J connectivity index is 1.71. The van der Waals surface area contributed by atoms with Crippen LogP contribution in [0.5, 0.6) is 0 Å². The standard InChI is InChI=1S/C23H22N4S/c1-16-5-7-17(8-6-16)9-10-18-11-12-19(28-18)21-22(26-23(2,3)4)27-14-13-24-15-20(27)25-21/h5-8,11-15,26H,1-4H3. The number of rotatable bonds is 2. The molecule has 0 unspecified atom stereocenters. The fourth-order valence-electron chi connectivity index (χ4n) is 2.86. The van der Waals surface area contributed by atoms with E-state index in [2.05, 4.69) is 86.2 Å². The molecule has 4 nitrogen and oxygen atoms in total. The molecule has 4 rings (SSSR count). The monoisotopic (exact) mass is 386 g/mol. The lowest BCUT2D eigenvalue weighted by atomic mass is 10.1. The van der Waals surface area contributed by atoms with Gasteiger partial charge in [-0.25, -0.2) is 4.98 Å². The van der Waals surface area contributed by atoms with Crippen molar-refractivity contribution in [1.82, 2.24) is 14.4 Å². The van der Waals surface area contributed by atoms with Crippen LogP contribution in [0.4, 0.5) is 5.82 Å². The van der Waals surface area contributed by atoms with E-state index < -0.39 is 0 Å². The number of aryl methyl sites for hydroxylation is 1. The highest BCUT2D eigenvalue weighted by Crippen LogP contribution is 2.34. The third kappa shape index (κ3) is 3.92. The molecule has 3 aromatic heterocycles. The minimum Gasteiger partial charge on any atom is -0.365 e. The largest absolute Gasteiger partial charge is 0.365 e. The summed E-state index contributed by atoms with van der Waals surface area (Å²) in [5.41, 5.74) is 3.93. The molecule has 0 spiro atoms. The van der Waals surface area contributed by atoms with Gasteiger partial charge in [-0.1, -0.05) is 29.5 Å². The van der Waals surface area contributed by atoms with Crippen molar-refractivity contribution < 1.29 is 0 Å². The molecule has 0 aliphatic heterocycles. The number of hydrogen-bond donors (Lipinski definition) is 1. The van der Waals surface area contributed by atoms with Crippen molar-refractivity contribution in [2.75, 3.05) is 5.32 Å². The van der Waals surface area contributed by atoms with E-state index in [1.54, 1.807) is 23.7 Å². The van der Waals surface area contributed by atoms with Crippen LogP contribution >= 0.6 is 11.3 Å². The molecule has 0 aliphatic carbocycles. The van der Waals surface area contributed by atoms with E-state index in [-0.39, 0.29) is 5.54 Å². The molecule has 0 saturated heterocycles. The van der Waals surface area contributed by atoms with Gasteiger partial charge in [-0.3, -0.25) is 9.38 Å². The third-order valence-corrected chi connectivity index (χ3v) is 5.15. The molecule has 28 heavy (non-hydrogen) atoms. The number of thiophene rings is 1. The van der Waals surface area contributed by atoms with E-state index in [9.17, 15) is 0 Å². The molecule has 1 N–H and O–H groups in total. The lowest BCUT2D eigenvalue weighted by Gasteiger charge is -2.22. The van der Waals surface area contributed by atoms with Crippen LogP contribution in [-0.4, -0.2) is 19.9 Å². The van der Waals surface area contributed by atoms with Crippen LogP contribution in [0.2, 0.25) is 0 Å². The Morgan fingerprint density at radius 2 is 1.82 bits per heavy atom. The summed E-state index contributed by atoms with van der Waals surface area (Å²) >= 11 is 1.65. The molecule has 1 aromatic carbocycles. The molecular formula is C23H22N4S. The molecular weight excluding hydrogens is 364 g/mol. The Labute approximate surface area is 169 Å². The van der Waals surface area contributed by atoms with Gasteiger partial charge < -0.3 is 5.32 Å². The summed E-state index contributed by atoms with van der Waals surface area (Å²) < 4.78 is 2.05. The molecule has 0 amide bonds. The van der Waals surface area contributed by atoms with Crippen molar-refractivity contribution in [3.8, 4) is 22.4 Å². The normalized spacial score (nSPS) is 11.3. The molecule has 0 bridgehead atoms. The van der Waals surface area contributed by atoms with E-state index in [1.165, 1.54) is 5.56 Å². The van der Waals surface area contributed by atoms with Gasteiger partial charge in [-0.2, -0.15) is 0 Å². The van der Waals surface area contributed by atoms with Gasteiger partial charge in [0.1, 0.15) is 11.5 Å². The first-order valence-corrected chi connectivity index (χ1v) is 10.00. The molecule has 0 aliphatic rings. The number of anilines is 1. The molecule has 0 fully saturated rings. The number of nitrogens with one attached hydrogen (secondary N) is 1. The van der Waals surface area contributed by atoms with Gasteiger partial charge >= 0.3 is 0 Å². The number of benzene rings is 1. The number of fused-ring (bicyclic) bond motifs is 1. The number of aromatic nitrogens is 3. The van der Waals surface area contributed by atoms with Crippen molar-refractivity contribution in [2.45, 2.75) is 33.2 Å². The van der Waals surface area contributed by atoms with Crippen molar-refractivity contribution >= 4 is 22.8 Å². The number of hydrogen-bond acceptors (Lipinski definition) is 4. The highest BCUT2D eigenvalue weighted by molar-refractivity contribution is 7.16. The smallest absolute Gasteiger partial charge is 0.157 e. The average Bonchev–Trinajstić information content (AvgIpc) is 3.25. The number of imidazole rings is 1. The zero-order valence-corrected chi connectivity index (χ0v) is 17.3. The molecule has 4 aromatic rings. The van der Waals surface area contributed by atoms with E-state index in [1.807, 2.05) is 10.6 Å². The Morgan fingerprint density at radius 3 is 2.57 bits per heavy atom. The van der Waals surface area contributed by atoms with Gasteiger partial charge in [0.2, 0.25) is 0 Å². The van der Waals surface area contributed by atoms with Crippen molar-refractivity contribution in [3.05, 3.63) is 71.0 Å². The molecule has 3 heterocycles. The zero-order chi connectivity index (χ0) is 19.7. The molecule has 5 heteroatoms. The van der Waals surface area contributed by atoms with Crippen LogP contribution in [0.15, 0.2) is 55.0 Å². The molecule has 0 saturated carbocycles. The first-order valence-electron chi connectivity index (χ1n) is 9.18. The summed E-state index contributed by atoms with van der Waals surface area (Å²) in [5, 5.41) is 3.59. The van der Waals surface area contributed by atoms with Crippen molar-refractivity contribution in [3.63, 3.8) is 0 Å². The maximum atomic E-state index is 4.81. The molecule has 0 atom stereocenters. The quantitative estimate of drug-likeness (QED) is 0.471. The maximum Gasteiger partial charge on any atom is 0.157 e. The third-order valence-electron chi connectivity index (χ3n) is 4.14. The Hall–Kier alpha value is -3.10. The summed E-state index contributed by atoms with van der Waals surface area (Å²) in [5.74, 6) is 7.49. The minimum absolute atomic E-state index is 0.0840. The second-order valence-electron chi connectivity index (χ2n) is 7.77. The lowest BCUT2D eigenvalue weighted by Crippen LogP contribution is -2.27. The van der Waals surface area contributed by atoms with Gasteiger partial charge in [-0.15, -0.1) is 11.3 Å². The van der Waals surface area contributed by atoms with Crippen LogP contribution in [-0.2, 0) is 0 Å². The SMILES string of the molecule is Cc1ccc(C#Cc2ccc(-c3nc4cnccn4c3NC(C)(C)C)s2)cc1. The van der Waals surface area contributed by atoms with Gasteiger partial charge in [0, 0.05) is 23.5 Å². The van der Waals surface area contributed by atoms with Gasteiger partial charge in [0.05, 0.1) is 16.0 Å². The highest BCUT2D eigenvalue weighted by Gasteiger charge is 2.20. The fraction of sp³-hybridized carbons (Fsp3) is 0.217. The van der Waals surface area contributed by atoms with Crippen molar-refractivity contribution in [2.24, 2.45) is 0 Å². The Bertz CT molecular complexity index is 1180. The second-order valence-corrected chi connectivity index (χ2v) is 8.85. The predicted octanol–water partition coefficient (Wildman–Crippen LogP) is 5.38. The van der Waals surface area contributed by atoms with Gasteiger partial charge in [-0.05, 0) is 52.0 Å². The highest BCUT2D eigenvalue weighted by atomic mass is 32.1. The van der Waals surface area contributed by atoms with Crippen LogP contribution in [0.25, 0.3) is 16.2 Å². The topological polar surface area (TPSA) is 42.2 Å². The van der Waals surface area contributed by atoms with Crippen LogP contribution in [0, 0.1) is 18.8 Å². The Morgan fingerprint density at radius 1 is 1.04 bits per heavy atom. The van der Waals surface area contributed by atoms with Crippen molar-refractivity contribution in [1.29, 1.82) is 0 Å². The van der Waals surface area contributed by atoms with Crippen LogP contribution < -0.4 is 5.32 Å². The average molecular weight is 387 g/mol. The first-order chi connectivity index (χ1) is 13.4. The maximum absolute atomic E-state index is 4.81. The van der Waals surface area contributed by atoms with E-state index in [0.29, 0.717) is 0 Å². The summed E-state index contributed by atoms with van der Waals surface area (Å²) in [4.78, 5) is 11.1. The predicted molar refractivity (Wildman–Crippen MR) is 117 cm³/mol.